The van der Waals surface area contributed by atoms with Crippen molar-refractivity contribution < 1.29 is 8.78 Å². The molecule has 0 saturated carbocycles. The Kier molecular flexibility index (Phi) is 4.77. The molecular formula is C6H10F2N2. The lowest BCUT2D eigenvalue weighted by Gasteiger charge is -2.03. The van der Waals surface area contributed by atoms with E-state index in [4.69, 9.17) is 5.26 Å². The van der Waals surface area contributed by atoms with Crippen molar-refractivity contribution in [3.05, 3.63) is 0 Å². The summed E-state index contributed by atoms with van der Waals surface area (Å²) in [5, 5.41) is 10.8. The standard InChI is InChI=1S/C6H10F2N2/c1-5(4-9)10-3-2-6(7)8/h5-6,10H,2-3H2,1H3. The average Bonchev–Trinajstić information content (AvgIpc) is 1.87. The van der Waals surface area contributed by atoms with Crippen LogP contribution in [0.4, 0.5) is 8.78 Å². The van der Waals surface area contributed by atoms with Gasteiger partial charge in [0, 0.05) is 13.0 Å². The molecule has 58 valence electrons. The molecule has 0 aliphatic heterocycles. The summed E-state index contributed by atoms with van der Waals surface area (Å²) < 4.78 is 22.9. The maximum Gasteiger partial charge on any atom is 0.239 e. The van der Waals surface area contributed by atoms with Crippen molar-refractivity contribution in [2.75, 3.05) is 6.54 Å². The molecular weight excluding hydrogens is 138 g/mol. The molecule has 1 unspecified atom stereocenters. The van der Waals surface area contributed by atoms with E-state index in [2.05, 4.69) is 5.32 Å². The van der Waals surface area contributed by atoms with Crippen molar-refractivity contribution >= 4 is 0 Å². The van der Waals surface area contributed by atoms with Gasteiger partial charge < -0.3 is 5.32 Å². The first kappa shape index (κ1) is 9.31. The second-order valence-electron chi connectivity index (χ2n) is 1.98. The minimum absolute atomic E-state index is 0.188. The fourth-order valence-corrected chi connectivity index (χ4v) is 0.455. The number of nitrogens with one attached hydrogen (secondary N) is 1. The van der Waals surface area contributed by atoms with E-state index in [0.717, 1.165) is 0 Å². The van der Waals surface area contributed by atoms with E-state index in [-0.39, 0.29) is 19.0 Å². The molecule has 0 saturated heterocycles. The van der Waals surface area contributed by atoms with E-state index >= 15 is 0 Å². The van der Waals surface area contributed by atoms with Crippen molar-refractivity contribution in [2.24, 2.45) is 0 Å². The Bertz CT molecular complexity index is 119. The summed E-state index contributed by atoms with van der Waals surface area (Å²) in [5.74, 6) is 0. The molecule has 10 heavy (non-hydrogen) atoms. The van der Waals surface area contributed by atoms with Crippen LogP contribution in [0, 0.1) is 11.3 Å². The van der Waals surface area contributed by atoms with Crippen LogP contribution in [0.15, 0.2) is 0 Å². The van der Waals surface area contributed by atoms with Gasteiger partial charge in [-0.25, -0.2) is 8.78 Å². The van der Waals surface area contributed by atoms with Gasteiger partial charge in [-0.3, -0.25) is 0 Å². The Labute approximate surface area is 58.8 Å². The summed E-state index contributed by atoms with van der Waals surface area (Å²) >= 11 is 0. The third kappa shape index (κ3) is 5.45. The molecule has 0 aromatic carbocycles. The van der Waals surface area contributed by atoms with Crippen molar-refractivity contribution in [1.29, 1.82) is 5.26 Å². The van der Waals surface area contributed by atoms with E-state index in [1.165, 1.54) is 0 Å². The largest absolute Gasteiger partial charge is 0.302 e. The Balaban J connectivity index is 3.13. The van der Waals surface area contributed by atoms with Crippen LogP contribution in [-0.4, -0.2) is 19.0 Å². The molecule has 0 aromatic rings. The Morgan fingerprint density at radius 2 is 2.20 bits per heavy atom. The minimum Gasteiger partial charge on any atom is -0.302 e. The maximum atomic E-state index is 11.5. The van der Waals surface area contributed by atoms with Gasteiger partial charge in [-0.2, -0.15) is 5.26 Å². The third-order valence-corrected chi connectivity index (χ3v) is 1.01. The second kappa shape index (κ2) is 5.12. The molecule has 0 radical (unpaired) electrons. The molecule has 2 nitrogen and oxygen atoms in total. The Hall–Kier alpha value is -0.690. The summed E-state index contributed by atoms with van der Waals surface area (Å²) in [5.41, 5.74) is 0. The zero-order valence-electron chi connectivity index (χ0n) is 5.77. The fourth-order valence-electron chi connectivity index (χ4n) is 0.455. The van der Waals surface area contributed by atoms with Crippen LogP contribution in [0.2, 0.25) is 0 Å². The smallest absolute Gasteiger partial charge is 0.239 e. The normalized spacial score (nSPS) is 13.1. The molecule has 0 rings (SSSR count). The van der Waals surface area contributed by atoms with E-state index in [1.807, 2.05) is 6.07 Å². The summed E-state index contributed by atoms with van der Waals surface area (Å²) in [7, 11) is 0. The van der Waals surface area contributed by atoms with Crippen LogP contribution in [0.3, 0.4) is 0 Å². The Morgan fingerprint density at radius 1 is 1.60 bits per heavy atom. The topological polar surface area (TPSA) is 35.8 Å². The number of nitriles is 1. The molecule has 0 aromatic heterocycles. The second-order valence-corrected chi connectivity index (χ2v) is 1.98. The van der Waals surface area contributed by atoms with Gasteiger partial charge in [0.15, 0.2) is 0 Å². The van der Waals surface area contributed by atoms with Gasteiger partial charge in [-0.05, 0) is 6.92 Å². The summed E-state index contributed by atoms with van der Waals surface area (Å²) in [6, 6.07) is 1.55. The van der Waals surface area contributed by atoms with Gasteiger partial charge in [-0.15, -0.1) is 0 Å². The lowest BCUT2D eigenvalue weighted by Crippen LogP contribution is -2.26. The first-order valence-electron chi connectivity index (χ1n) is 3.08. The number of hydrogen-bond donors (Lipinski definition) is 1. The highest BCUT2D eigenvalue weighted by molar-refractivity contribution is 4.84. The molecule has 0 bridgehead atoms. The fraction of sp³-hybridized carbons (Fsp3) is 0.833. The number of hydrogen-bond acceptors (Lipinski definition) is 2. The van der Waals surface area contributed by atoms with E-state index in [1.54, 1.807) is 6.92 Å². The van der Waals surface area contributed by atoms with Crippen LogP contribution in [0.25, 0.3) is 0 Å². The van der Waals surface area contributed by atoms with Crippen LogP contribution in [-0.2, 0) is 0 Å². The highest BCUT2D eigenvalue weighted by Gasteiger charge is 2.02. The SMILES string of the molecule is CC(C#N)NCCC(F)F. The number of nitrogens with zero attached hydrogens (tertiary/aromatic N) is 1. The molecule has 0 amide bonds. The van der Waals surface area contributed by atoms with E-state index in [9.17, 15) is 8.78 Å². The lowest BCUT2D eigenvalue weighted by atomic mass is 10.3. The zero-order chi connectivity index (χ0) is 7.98. The molecule has 4 heteroatoms. The van der Waals surface area contributed by atoms with Crippen LogP contribution < -0.4 is 5.32 Å². The van der Waals surface area contributed by atoms with Gasteiger partial charge in [0.1, 0.15) is 0 Å². The van der Waals surface area contributed by atoms with Crippen LogP contribution >= 0.6 is 0 Å². The predicted molar refractivity (Wildman–Crippen MR) is 33.7 cm³/mol. The van der Waals surface area contributed by atoms with Gasteiger partial charge in [0.25, 0.3) is 0 Å². The number of rotatable bonds is 4. The summed E-state index contributed by atoms with van der Waals surface area (Å²) in [4.78, 5) is 0. The quantitative estimate of drug-likeness (QED) is 0.649. The molecule has 0 heterocycles. The Morgan fingerprint density at radius 3 is 2.60 bits per heavy atom. The molecule has 1 atom stereocenters. The molecule has 0 fully saturated rings. The average molecular weight is 148 g/mol. The molecule has 1 N–H and O–H groups in total. The summed E-state index contributed by atoms with van der Waals surface area (Å²) in [6.45, 7) is 1.83. The number of alkyl halides is 2. The van der Waals surface area contributed by atoms with Gasteiger partial charge >= 0.3 is 0 Å². The van der Waals surface area contributed by atoms with Crippen LogP contribution in [0.5, 0.6) is 0 Å². The summed E-state index contributed by atoms with van der Waals surface area (Å²) in [6.07, 6.45) is -2.47. The van der Waals surface area contributed by atoms with Crippen molar-refractivity contribution in [2.45, 2.75) is 25.8 Å². The third-order valence-electron chi connectivity index (χ3n) is 1.01. The highest BCUT2D eigenvalue weighted by Crippen LogP contribution is 1.96. The van der Waals surface area contributed by atoms with E-state index < -0.39 is 6.43 Å². The maximum absolute atomic E-state index is 11.5. The lowest BCUT2D eigenvalue weighted by molar-refractivity contribution is 0.137. The highest BCUT2D eigenvalue weighted by atomic mass is 19.3. The minimum atomic E-state index is -2.28. The van der Waals surface area contributed by atoms with Crippen molar-refractivity contribution in [3.8, 4) is 6.07 Å². The monoisotopic (exact) mass is 148 g/mol. The molecule has 0 aliphatic rings. The molecule has 0 aliphatic carbocycles. The van der Waals surface area contributed by atoms with E-state index in [0.29, 0.717) is 0 Å². The van der Waals surface area contributed by atoms with Crippen LogP contribution in [0.1, 0.15) is 13.3 Å². The van der Waals surface area contributed by atoms with Gasteiger partial charge in [-0.1, -0.05) is 0 Å². The number of halogens is 2. The van der Waals surface area contributed by atoms with Crippen molar-refractivity contribution in [3.63, 3.8) is 0 Å². The first-order chi connectivity index (χ1) is 4.66. The predicted octanol–water partition coefficient (Wildman–Crippen LogP) is 1.14. The van der Waals surface area contributed by atoms with Crippen molar-refractivity contribution in [1.82, 2.24) is 5.32 Å². The zero-order valence-corrected chi connectivity index (χ0v) is 5.77. The van der Waals surface area contributed by atoms with Gasteiger partial charge in [0.2, 0.25) is 6.43 Å². The first-order valence-corrected chi connectivity index (χ1v) is 3.08. The van der Waals surface area contributed by atoms with Gasteiger partial charge in [0.05, 0.1) is 12.1 Å². The molecule has 0 spiro atoms.